The van der Waals surface area contributed by atoms with Crippen molar-refractivity contribution in [1.82, 2.24) is 5.32 Å². The fourth-order valence-electron chi connectivity index (χ4n) is 3.21. The number of urea groups is 1. The number of amides is 3. The Morgan fingerprint density at radius 2 is 1.73 bits per heavy atom. The third-order valence-corrected chi connectivity index (χ3v) is 5.01. The molecule has 0 spiro atoms. The minimum absolute atomic E-state index is 0.121. The first-order valence-electron chi connectivity index (χ1n) is 8.61. The van der Waals surface area contributed by atoms with Crippen molar-refractivity contribution in [3.05, 3.63) is 59.4 Å². The fourth-order valence-corrected chi connectivity index (χ4v) is 3.21. The van der Waals surface area contributed by atoms with Gasteiger partial charge in [-0.3, -0.25) is 4.79 Å². The van der Waals surface area contributed by atoms with Crippen molar-refractivity contribution in [1.29, 1.82) is 0 Å². The molecule has 3 amide bonds. The van der Waals surface area contributed by atoms with E-state index in [4.69, 9.17) is 0 Å². The summed E-state index contributed by atoms with van der Waals surface area (Å²) >= 11 is 0. The zero-order valence-corrected chi connectivity index (χ0v) is 14.9. The number of carbonyl (C=O) groups excluding carboxylic acids is 2. The molecule has 136 valence electrons. The van der Waals surface area contributed by atoms with Crippen LogP contribution in [0, 0.1) is 12.7 Å². The monoisotopic (exact) mass is 355 g/mol. The molecule has 0 atom stereocenters. The smallest absolute Gasteiger partial charge is 0.318 e. The van der Waals surface area contributed by atoms with Crippen LogP contribution in [0.2, 0.25) is 0 Å². The van der Waals surface area contributed by atoms with Gasteiger partial charge in [0.25, 0.3) is 0 Å². The van der Waals surface area contributed by atoms with Gasteiger partial charge in [-0.05, 0) is 55.2 Å². The Hall–Kier alpha value is -2.89. The highest BCUT2D eigenvalue weighted by atomic mass is 19.1. The summed E-state index contributed by atoms with van der Waals surface area (Å²) in [6, 6.07) is 11.4. The van der Waals surface area contributed by atoms with Gasteiger partial charge in [-0.2, -0.15) is 0 Å². The van der Waals surface area contributed by atoms with Gasteiger partial charge in [0, 0.05) is 18.4 Å². The minimum Gasteiger partial charge on any atom is -0.341 e. The molecule has 3 N–H and O–H groups in total. The molecule has 1 aliphatic carbocycles. The maximum absolute atomic E-state index is 13.5. The Labute approximate surface area is 152 Å². The Kier molecular flexibility index (Phi) is 4.93. The van der Waals surface area contributed by atoms with Gasteiger partial charge in [0.2, 0.25) is 5.91 Å². The summed E-state index contributed by atoms with van der Waals surface area (Å²) in [5.74, 6) is -0.498. The molecule has 0 heterocycles. The van der Waals surface area contributed by atoms with Crippen LogP contribution >= 0.6 is 0 Å². The highest BCUT2D eigenvalue weighted by Crippen LogP contribution is 2.45. The first-order valence-corrected chi connectivity index (χ1v) is 8.61. The summed E-state index contributed by atoms with van der Waals surface area (Å²) in [4.78, 5) is 24.4. The van der Waals surface area contributed by atoms with Crippen molar-refractivity contribution in [3.63, 3.8) is 0 Å². The van der Waals surface area contributed by atoms with Crippen molar-refractivity contribution in [2.45, 2.75) is 31.6 Å². The highest BCUT2D eigenvalue weighted by Gasteiger charge is 2.45. The number of hydrogen-bond donors (Lipinski definition) is 3. The van der Waals surface area contributed by atoms with Gasteiger partial charge in [0.1, 0.15) is 5.82 Å². The second-order valence-corrected chi connectivity index (χ2v) is 6.63. The van der Waals surface area contributed by atoms with Crippen LogP contribution in [0.15, 0.2) is 42.5 Å². The standard InChI is InChI=1S/C20H22FN3O2/c1-13-4-7-15(21)12-17(13)24-18(25)20(10-3-11-20)14-5-8-16(9-6-14)23-19(26)22-2/h4-9,12H,3,10-11H2,1-2H3,(H,24,25)(H2,22,23,26). The first-order chi connectivity index (χ1) is 12.4. The van der Waals surface area contributed by atoms with E-state index in [2.05, 4.69) is 16.0 Å². The summed E-state index contributed by atoms with van der Waals surface area (Å²) in [5.41, 5.74) is 2.27. The molecular weight excluding hydrogens is 333 g/mol. The van der Waals surface area contributed by atoms with Crippen molar-refractivity contribution in [2.75, 3.05) is 17.7 Å². The summed E-state index contributed by atoms with van der Waals surface area (Å²) < 4.78 is 13.5. The zero-order valence-electron chi connectivity index (χ0n) is 14.9. The van der Waals surface area contributed by atoms with Gasteiger partial charge in [0.15, 0.2) is 0 Å². The number of aryl methyl sites for hydroxylation is 1. The van der Waals surface area contributed by atoms with Gasteiger partial charge >= 0.3 is 6.03 Å². The SMILES string of the molecule is CNC(=O)Nc1ccc(C2(C(=O)Nc3cc(F)ccc3C)CCC2)cc1. The molecule has 0 aromatic heterocycles. The van der Waals surface area contributed by atoms with Crippen LogP contribution in [0.3, 0.4) is 0 Å². The predicted octanol–water partition coefficient (Wildman–Crippen LogP) is 3.95. The molecular formula is C20H22FN3O2. The molecule has 1 saturated carbocycles. The zero-order chi connectivity index (χ0) is 18.7. The maximum atomic E-state index is 13.5. The molecule has 1 aliphatic rings. The quantitative estimate of drug-likeness (QED) is 0.777. The Bertz CT molecular complexity index is 829. The van der Waals surface area contributed by atoms with Crippen LogP contribution in [-0.4, -0.2) is 19.0 Å². The molecule has 0 aliphatic heterocycles. The average Bonchev–Trinajstić information content (AvgIpc) is 2.58. The van der Waals surface area contributed by atoms with E-state index in [0.717, 1.165) is 30.4 Å². The first kappa shape index (κ1) is 17.9. The van der Waals surface area contributed by atoms with Gasteiger partial charge in [-0.25, -0.2) is 9.18 Å². The van der Waals surface area contributed by atoms with Crippen LogP contribution < -0.4 is 16.0 Å². The number of anilines is 2. The van der Waals surface area contributed by atoms with Crippen LogP contribution in [0.5, 0.6) is 0 Å². The Morgan fingerprint density at radius 3 is 2.31 bits per heavy atom. The lowest BCUT2D eigenvalue weighted by molar-refractivity contribution is -0.124. The molecule has 1 fully saturated rings. The van der Waals surface area contributed by atoms with Crippen LogP contribution in [0.4, 0.5) is 20.6 Å². The molecule has 2 aromatic carbocycles. The number of benzene rings is 2. The topological polar surface area (TPSA) is 70.2 Å². The molecule has 2 aromatic rings. The van der Waals surface area contributed by atoms with Gasteiger partial charge in [-0.1, -0.05) is 24.6 Å². The lowest BCUT2D eigenvalue weighted by Crippen LogP contribution is -2.46. The lowest BCUT2D eigenvalue weighted by Gasteiger charge is -2.41. The van der Waals surface area contributed by atoms with Crippen molar-refractivity contribution in [3.8, 4) is 0 Å². The molecule has 26 heavy (non-hydrogen) atoms. The highest BCUT2D eigenvalue weighted by molar-refractivity contribution is 6.00. The third kappa shape index (κ3) is 3.40. The van der Waals surface area contributed by atoms with E-state index in [1.54, 1.807) is 25.2 Å². The van der Waals surface area contributed by atoms with E-state index in [-0.39, 0.29) is 17.8 Å². The van der Waals surface area contributed by atoms with Crippen molar-refractivity contribution >= 4 is 23.3 Å². The van der Waals surface area contributed by atoms with E-state index < -0.39 is 5.41 Å². The second kappa shape index (κ2) is 7.15. The van der Waals surface area contributed by atoms with E-state index in [0.29, 0.717) is 11.4 Å². The average molecular weight is 355 g/mol. The fraction of sp³-hybridized carbons (Fsp3) is 0.300. The molecule has 0 bridgehead atoms. The van der Waals surface area contributed by atoms with E-state index in [9.17, 15) is 14.0 Å². The molecule has 0 saturated heterocycles. The molecule has 0 radical (unpaired) electrons. The summed E-state index contributed by atoms with van der Waals surface area (Å²) in [5, 5.41) is 8.08. The van der Waals surface area contributed by atoms with Crippen molar-refractivity contribution < 1.29 is 14.0 Å². The van der Waals surface area contributed by atoms with Gasteiger partial charge in [0.05, 0.1) is 5.41 Å². The van der Waals surface area contributed by atoms with Crippen LogP contribution in [0.25, 0.3) is 0 Å². The van der Waals surface area contributed by atoms with Gasteiger partial charge < -0.3 is 16.0 Å². The molecule has 0 unspecified atom stereocenters. The normalized spacial score (nSPS) is 14.9. The predicted molar refractivity (Wildman–Crippen MR) is 99.8 cm³/mol. The number of carbonyl (C=O) groups is 2. The van der Waals surface area contributed by atoms with Gasteiger partial charge in [-0.15, -0.1) is 0 Å². The largest absolute Gasteiger partial charge is 0.341 e. The number of rotatable bonds is 4. The lowest BCUT2D eigenvalue weighted by atomic mass is 9.63. The number of hydrogen-bond acceptors (Lipinski definition) is 2. The summed E-state index contributed by atoms with van der Waals surface area (Å²) in [7, 11) is 1.55. The molecule has 3 rings (SSSR count). The number of nitrogens with one attached hydrogen (secondary N) is 3. The second-order valence-electron chi connectivity index (χ2n) is 6.63. The van der Waals surface area contributed by atoms with Crippen LogP contribution in [-0.2, 0) is 10.2 Å². The summed E-state index contributed by atoms with van der Waals surface area (Å²) in [6.45, 7) is 1.84. The van der Waals surface area contributed by atoms with E-state index in [1.165, 1.54) is 12.1 Å². The summed E-state index contributed by atoms with van der Waals surface area (Å²) in [6.07, 6.45) is 2.46. The minimum atomic E-state index is -0.607. The maximum Gasteiger partial charge on any atom is 0.318 e. The van der Waals surface area contributed by atoms with Crippen molar-refractivity contribution in [2.24, 2.45) is 0 Å². The number of halogens is 1. The van der Waals surface area contributed by atoms with E-state index in [1.807, 2.05) is 19.1 Å². The van der Waals surface area contributed by atoms with Crippen LogP contribution in [0.1, 0.15) is 30.4 Å². The molecule has 6 heteroatoms. The Morgan fingerprint density at radius 1 is 1.04 bits per heavy atom. The molecule has 5 nitrogen and oxygen atoms in total. The Balaban J connectivity index is 1.81. The third-order valence-electron chi connectivity index (χ3n) is 5.01. The van der Waals surface area contributed by atoms with E-state index >= 15 is 0 Å².